The number of nitrogens with two attached hydrogens (primary N) is 1. The first-order valence-electron chi connectivity index (χ1n) is 8.97. The van der Waals surface area contributed by atoms with E-state index in [0.717, 1.165) is 31.9 Å². The van der Waals surface area contributed by atoms with Crippen LogP contribution in [0.1, 0.15) is 10.5 Å². The molecule has 1 amide bonds. The summed E-state index contributed by atoms with van der Waals surface area (Å²) in [5, 5.41) is 3.18. The lowest BCUT2D eigenvalue weighted by Crippen LogP contribution is -2.44. The molecular weight excluding hydrogens is 340 g/mol. The number of carbonyl (C=O) groups excluding carboxylic acids is 1. The van der Waals surface area contributed by atoms with Crippen LogP contribution in [0.5, 0.6) is 0 Å². The summed E-state index contributed by atoms with van der Waals surface area (Å²) in [5.74, 6) is -0.238. The molecule has 0 spiro atoms. The Balaban J connectivity index is 1.58. The number of hydrogen-bond donors (Lipinski definition) is 2. The number of nitrogens with zero attached hydrogens (tertiary/aromatic N) is 4. The van der Waals surface area contributed by atoms with Gasteiger partial charge in [-0.3, -0.25) is 4.79 Å². The van der Waals surface area contributed by atoms with Crippen LogP contribution < -0.4 is 16.0 Å². The fraction of sp³-hybridized carbons (Fsp3) is 0.250. The molecule has 0 unspecified atom stereocenters. The second-order valence-electron chi connectivity index (χ2n) is 6.74. The van der Waals surface area contributed by atoms with Crippen LogP contribution in [0.2, 0.25) is 0 Å². The molecule has 1 aliphatic rings. The molecule has 3 aromatic rings. The molecule has 1 saturated heterocycles. The highest BCUT2D eigenvalue weighted by molar-refractivity contribution is 5.98. The third-order valence-corrected chi connectivity index (χ3v) is 4.80. The van der Waals surface area contributed by atoms with Gasteiger partial charge in [-0.2, -0.15) is 0 Å². The zero-order valence-electron chi connectivity index (χ0n) is 15.2. The monoisotopic (exact) mass is 362 g/mol. The zero-order valence-corrected chi connectivity index (χ0v) is 15.2. The van der Waals surface area contributed by atoms with Gasteiger partial charge in [-0.15, -0.1) is 0 Å². The van der Waals surface area contributed by atoms with E-state index in [4.69, 9.17) is 5.73 Å². The van der Waals surface area contributed by atoms with Crippen molar-refractivity contribution < 1.29 is 4.79 Å². The summed E-state index contributed by atoms with van der Waals surface area (Å²) in [7, 11) is 2.14. The largest absolute Gasteiger partial charge is 0.369 e. The molecule has 138 valence electrons. The average Bonchev–Trinajstić information content (AvgIpc) is 2.68. The van der Waals surface area contributed by atoms with Crippen molar-refractivity contribution in [2.24, 2.45) is 5.73 Å². The molecule has 0 saturated carbocycles. The number of primary amides is 1. The van der Waals surface area contributed by atoms with Crippen LogP contribution in [0.4, 0.5) is 17.2 Å². The van der Waals surface area contributed by atoms with Gasteiger partial charge < -0.3 is 20.9 Å². The number of para-hydroxylation sites is 2. The molecule has 0 radical (unpaired) electrons. The molecular formula is C20H22N6O. The molecule has 1 aliphatic heterocycles. The Kier molecular flexibility index (Phi) is 4.60. The van der Waals surface area contributed by atoms with E-state index in [1.54, 1.807) is 0 Å². The Labute approximate surface area is 157 Å². The third kappa shape index (κ3) is 3.68. The van der Waals surface area contributed by atoms with E-state index < -0.39 is 5.91 Å². The fourth-order valence-corrected chi connectivity index (χ4v) is 3.22. The van der Waals surface area contributed by atoms with Crippen molar-refractivity contribution in [3.63, 3.8) is 0 Å². The minimum absolute atomic E-state index is 0.136. The molecule has 2 heterocycles. The average molecular weight is 362 g/mol. The van der Waals surface area contributed by atoms with E-state index in [-0.39, 0.29) is 5.69 Å². The molecule has 7 heteroatoms. The Morgan fingerprint density at radius 2 is 1.59 bits per heavy atom. The van der Waals surface area contributed by atoms with Gasteiger partial charge in [0.05, 0.1) is 11.0 Å². The summed E-state index contributed by atoms with van der Waals surface area (Å²) in [6.07, 6.45) is 0. The molecule has 2 aromatic carbocycles. The van der Waals surface area contributed by atoms with Gasteiger partial charge in [-0.25, -0.2) is 9.97 Å². The van der Waals surface area contributed by atoms with E-state index in [2.05, 4.69) is 44.3 Å². The van der Waals surface area contributed by atoms with E-state index in [1.165, 1.54) is 5.69 Å². The van der Waals surface area contributed by atoms with Crippen LogP contribution in [-0.2, 0) is 0 Å². The minimum atomic E-state index is -0.607. The molecule has 1 fully saturated rings. The van der Waals surface area contributed by atoms with Crippen molar-refractivity contribution in [1.29, 1.82) is 0 Å². The van der Waals surface area contributed by atoms with Crippen LogP contribution in [-0.4, -0.2) is 54.0 Å². The van der Waals surface area contributed by atoms with Crippen molar-refractivity contribution in [1.82, 2.24) is 14.9 Å². The highest BCUT2D eigenvalue weighted by atomic mass is 16.1. The number of nitrogens with one attached hydrogen (secondary N) is 1. The number of amides is 1. The lowest BCUT2D eigenvalue weighted by atomic mass is 10.2. The maximum atomic E-state index is 11.8. The lowest BCUT2D eigenvalue weighted by Gasteiger charge is -2.34. The highest BCUT2D eigenvalue weighted by Gasteiger charge is 2.16. The summed E-state index contributed by atoms with van der Waals surface area (Å²) in [6.45, 7) is 4.17. The summed E-state index contributed by atoms with van der Waals surface area (Å²) in [4.78, 5) is 25.4. The van der Waals surface area contributed by atoms with Crippen molar-refractivity contribution in [3.05, 3.63) is 54.2 Å². The first-order valence-corrected chi connectivity index (χ1v) is 8.97. The number of piperazine rings is 1. The van der Waals surface area contributed by atoms with E-state index in [1.807, 2.05) is 36.4 Å². The molecule has 3 N–H and O–H groups in total. The first kappa shape index (κ1) is 17.2. The topological polar surface area (TPSA) is 87.4 Å². The van der Waals surface area contributed by atoms with Crippen LogP contribution in [0.15, 0.2) is 48.5 Å². The molecule has 1 aromatic heterocycles. The van der Waals surface area contributed by atoms with Gasteiger partial charge >= 0.3 is 0 Å². The number of likely N-dealkylation sites (N-methyl/N-ethyl adjacent to an activating group) is 1. The van der Waals surface area contributed by atoms with Crippen molar-refractivity contribution in [3.8, 4) is 0 Å². The van der Waals surface area contributed by atoms with Gasteiger partial charge in [0.1, 0.15) is 0 Å². The number of benzene rings is 2. The van der Waals surface area contributed by atoms with Crippen LogP contribution >= 0.6 is 0 Å². The number of hydrogen-bond acceptors (Lipinski definition) is 6. The minimum Gasteiger partial charge on any atom is -0.369 e. The molecule has 0 bridgehead atoms. The van der Waals surface area contributed by atoms with Gasteiger partial charge in [-0.05, 0) is 43.4 Å². The van der Waals surface area contributed by atoms with Gasteiger partial charge in [-0.1, -0.05) is 12.1 Å². The van der Waals surface area contributed by atoms with Gasteiger partial charge in [0, 0.05) is 37.6 Å². The van der Waals surface area contributed by atoms with E-state index in [9.17, 15) is 4.79 Å². The Hall–Kier alpha value is -3.19. The molecule has 4 rings (SSSR count). The lowest BCUT2D eigenvalue weighted by molar-refractivity contribution is 0.0996. The van der Waals surface area contributed by atoms with Gasteiger partial charge in [0.25, 0.3) is 5.91 Å². The van der Waals surface area contributed by atoms with Gasteiger partial charge in [0.15, 0.2) is 11.5 Å². The molecule has 27 heavy (non-hydrogen) atoms. The van der Waals surface area contributed by atoms with Crippen molar-refractivity contribution >= 4 is 34.1 Å². The SMILES string of the molecule is CN1CCN(c2ccc(Nc3nc4ccccc4nc3C(N)=O)cc2)CC1. The fourth-order valence-electron chi connectivity index (χ4n) is 3.22. The predicted molar refractivity (Wildman–Crippen MR) is 107 cm³/mol. The highest BCUT2D eigenvalue weighted by Crippen LogP contribution is 2.24. The van der Waals surface area contributed by atoms with Crippen LogP contribution in [0, 0.1) is 0 Å². The number of carbonyl (C=O) groups is 1. The summed E-state index contributed by atoms with van der Waals surface area (Å²) in [5.41, 5.74) is 9.01. The number of anilines is 3. The molecule has 7 nitrogen and oxygen atoms in total. The smallest absolute Gasteiger partial charge is 0.271 e. The summed E-state index contributed by atoms with van der Waals surface area (Å²) in [6, 6.07) is 15.5. The van der Waals surface area contributed by atoms with Gasteiger partial charge in [0.2, 0.25) is 0 Å². The second-order valence-corrected chi connectivity index (χ2v) is 6.74. The maximum Gasteiger partial charge on any atom is 0.271 e. The van der Waals surface area contributed by atoms with Crippen molar-refractivity contribution in [2.45, 2.75) is 0 Å². The predicted octanol–water partition coefficient (Wildman–Crippen LogP) is 2.22. The first-order chi connectivity index (χ1) is 13.1. The summed E-state index contributed by atoms with van der Waals surface area (Å²) < 4.78 is 0. The van der Waals surface area contributed by atoms with Crippen LogP contribution in [0.25, 0.3) is 11.0 Å². The van der Waals surface area contributed by atoms with Crippen molar-refractivity contribution in [2.75, 3.05) is 43.4 Å². The normalized spacial score (nSPS) is 15.1. The quantitative estimate of drug-likeness (QED) is 0.740. The Bertz CT molecular complexity index is 964. The standard InChI is InChI=1S/C20H22N6O/c1-25-10-12-26(13-11-25)15-8-6-14(7-9-15)22-20-18(19(21)27)23-16-4-2-3-5-17(16)24-20/h2-9H,10-13H2,1H3,(H2,21,27)(H,22,24). The molecule has 0 aliphatic carbocycles. The Morgan fingerprint density at radius 3 is 2.22 bits per heavy atom. The summed E-state index contributed by atoms with van der Waals surface area (Å²) >= 11 is 0. The third-order valence-electron chi connectivity index (χ3n) is 4.80. The zero-order chi connectivity index (χ0) is 18.8. The van der Waals surface area contributed by atoms with E-state index >= 15 is 0 Å². The number of rotatable bonds is 4. The Morgan fingerprint density at radius 1 is 0.963 bits per heavy atom. The van der Waals surface area contributed by atoms with E-state index in [0.29, 0.717) is 16.9 Å². The number of fused-ring (bicyclic) bond motifs is 1. The van der Waals surface area contributed by atoms with Crippen LogP contribution in [0.3, 0.4) is 0 Å². The molecule has 0 atom stereocenters. The maximum absolute atomic E-state index is 11.8. The number of aromatic nitrogens is 2. The second kappa shape index (κ2) is 7.20.